The van der Waals surface area contributed by atoms with Gasteiger partial charge in [0.05, 0.1) is 18.2 Å². The molecule has 0 spiro atoms. The van der Waals surface area contributed by atoms with Crippen molar-refractivity contribution in [2.75, 3.05) is 6.61 Å². The van der Waals surface area contributed by atoms with Gasteiger partial charge in [-0.2, -0.15) is 5.26 Å². The van der Waals surface area contributed by atoms with E-state index in [0.29, 0.717) is 12.2 Å². The standard InChI is InChI=1S/C9H8N2O2/c1-2-13-9(12)8-5-7(6-10)3-4-11-8/h3-5H,2H2,1H3. The molecule has 1 heterocycles. The smallest absolute Gasteiger partial charge is 0.356 e. The van der Waals surface area contributed by atoms with Crippen LogP contribution in [0.5, 0.6) is 0 Å². The number of nitriles is 1. The Bertz CT molecular complexity index is 355. The molecule has 1 rings (SSSR count). The molecule has 0 atom stereocenters. The van der Waals surface area contributed by atoms with E-state index in [4.69, 9.17) is 10.00 Å². The van der Waals surface area contributed by atoms with Crippen LogP contribution in [0, 0.1) is 11.3 Å². The molecule has 0 unspecified atom stereocenters. The lowest BCUT2D eigenvalue weighted by atomic mass is 10.2. The van der Waals surface area contributed by atoms with Gasteiger partial charge in [-0.05, 0) is 19.1 Å². The van der Waals surface area contributed by atoms with Crippen LogP contribution < -0.4 is 0 Å². The topological polar surface area (TPSA) is 63.0 Å². The van der Waals surface area contributed by atoms with E-state index in [-0.39, 0.29) is 5.69 Å². The zero-order valence-electron chi connectivity index (χ0n) is 7.15. The van der Waals surface area contributed by atoms with Crippen LogP contribution in [0.1, 0.15) is 23.0 Å². The van der Waals surface area contributed by atoms with E-state index < -0.39 is 5.97 Å². The quantitative estimate of drug-likeness (QED) is 0.633. The lowest BCUT2D eigenvalue weighted by molar-refractivity contribution is 0.0519. The number of nitrogens with zero attached hydrogens (tertiary/aromatic N) is 2. The average Bonchev–Trinajstić information content (AvgIpc) is 2.18. The van der Waals surface area contributed by atoms with E-state index in [2.05, 4.69) is 4.98 Å². The van der Waals surface area contributed by atoms with Gasteiger partial charge in [0.2, 0.25) is 0 Å². The molecule has 0 N–H and O–H groups in total. The molecule has 0 bridgehead atoms. The van der Waals surface area contributed by atoms with Gasteiger partial charge in [0.15, 0.2) is 0 Å². The van der Waals surface area contributed by atoms with Crippen molar-refractivity contribution in [3.8, 4) is 6.07 Å². The molecule has 0 saturated carbocycles. The zero-order valence-corrected chi connectivity index (χ0v) is 7.15. The lowest BCUT2D eigenvalue weighted by Crippen LogP contribution is -2.06. The fourth-order valence-electron chi connectivity index (χ4n) is 0.817. The molecule has 4 nitrogen and oxygen atoms in total. The van der Waals surface area contributed by atoms with Gasteiger partial charge in [-0.15, -0.1) is 0 Å². The predicted molar refractivity (Wildman–Crippen MR) is 44.9 cm³/mol. The molecule has 0 amide bonds. The summed E-state index contributed by atoms with van der Waals surface area (Å²) in [5.41, 5.74) is 0.568. The van der Waals surface area contributed by atoms with Crippen LogP contribution >= 0.6 is 0 Å². The first kappa shape index (κ1) is 9.20. The van der Waals surface area contributed by atoms with Crippen molar-refractivity contribution in [1.29, 1.82) is 5.26 Å². The maximum atomic E-state index is 11.1. The third-order valence-electron chi connectivity index (χ3n) is 1.37. The van der Waals surface area contributed by atoms with E-state index in [0.717, 1.165) is 0 Å². The fraction of sp³-hybridized carbons (Fsp3) is 0.222. The van der Waals surface area contributed by atoms with Crippen LogP contribution in [0.25, 0.3) is 0 Å². The molecular weight excluding hydrogens is 168 g/mol. The Morgan fingerprint density at radius 2 is 2.54 bits per heavy atom. The van der Waals surface area contributed by atoms with Crippen molar-refractivity contribution in [2.45, 2.75) is 6.92 Å². The second kappa shape index (κ2) is 4.21. The van der Waals surface area contributed by atoms with Gasteiger partial charge in [-0.1, -0.05) is 0 Å². The first-order valence-corrected chi connectivity index (χ1v) is 3.81. The third kappa shape index (κ3) is 2.27. The molecule has 0 radical (unpaired) electrons. The number of carbonyl (C=O) groups excluding carboxylic acids is 1. The SMILES string of the molecule is CCOC(=O)c1cc(C#N)ccn1. The molecule has 0 saturated heterocycles. The van der Waals surface area contributed by atoms with Gasteiger partial charge < -0.3 is 4.74 Å². The van der Waals surface area contributed by atoms with Crippen LogP contribution in [-0.2, 0) is 4.74 Å². The fourth-order valence-corrected chi connectivity index (χ4v) is 0.817. The van der Waals surface area contributed by atoms with E-state index >= 15 is 0 Å². The Balaban J connectivity index is 2.90. The average molecular weight is 176 g/mol. The summed E-state index contributed by atoms with van der Waals surface area (Å²) >= 11 is 0. The number of pyridine rings is 1. The highest BCUT2D eigenvalue weighted by molar-refractivity contribution is 5.87. The highest BCUT2D eigenvalue weighted by Crippen LogP contribution is 2.01. The van der Waals surface area contributed by atoms with Gasteiger partial charge in [0, 0.05) is 6.20 Å². The van der Waals surface area contributed by atoms with E-state index in [9.17, 15) is 4.79 Å². The van der Waals surface area contributed by atoms with Gasteiger partial charge >= 0.3 is 5.97 Å². The van der Waals surface area contributed by atoms with Crippen LogP contribution in [0.3, 0.4) is 0 Å². The second-order valence-electron chi connectivity index (χ2n) is 2.26. The minimum Gasteiger partial charge on any atom is -0.461 e. The van der Waals surface area contributed by atoms with Crippen molar-refractivity contribution in [3.05, 3.63) is 29.6 Å². The molecule has 0 fully saturated rings. The molecule has 66 valence electrons. The first-order valence-electron chi connectivity index (χ1n) is 3.81. The molecule has 0 aliphatic heterocycles. The number of carbonyl (C=O) groups is 1. The summed E-state index contributed by atoms with van der Waals surface area (Å²) in [5.74, 6) is -0.500. The van der Waals surface area contributed by atoms with Crippen molar-refractivity contribution >= 4 is 5.97 Å². The largest absolute Gasteiger partial charge is 0.461 e. The van der Waals surface area contributed by atoms with E-state index in [1.54, 1.807) is 6.92 Å². The minimum absolute atomic E-state index is 0.168. The number of hydrogen-bond donors (Lipinski definition) is 0. The second-order valence-corrected chi connectivity index (χ2v) is 2.26. The van der Waals surface area contributed by atoms with Crippen LogP contribution in [0.15, 0.2) is 18.3 Å². The molecule has 0 aliphatic carbocycles. The maximum absolute atomic E-state index is 11.1. The monoisotopic (exact) mass is 176 g/mol. The molecule has 1 aromatic heterocycles. The summed E-state index contributed by atoms with van der Waals surface area (Å²) in [6.07, 6.45) is 1.41. The number of ether oxygens (including phenoxy) is 1. The zero-order chi connectivity index (χ0) is 9.68. The predicted octanol–water partition coefficient (Wildman–Crippen LogP) is 1.13. The summed E-state index contributed by atoms with van der Waals surface area (Å²) in [5, 5.41) is 8.54. The molecule has 13 heavy (non-hydrogen) atoms. The summed E-state index contributed by atoms with van der Waals surface area (Å²) < 4.78 is 4.72. The van der Waals surface area contributed by atoms with Crippen LogP contribution in [0.2, 0.25) is 0 Å². The third-order valence-corrected chi connectivity index (χ3v) is 1.37. The number of aromatic nitrogens is 1. The molecule has 4 heteroatoms. The van der Waals surface area contributed by atoms with E-state index in [1.807, 2.05) is 6.07 Å². The first-order chi connectivity index (χ1) is 6.27. The molecule has 0 aromatic carbocycles. The van der Waals surface area contributed by atoms with Crippen molar-refractivity contribution in [1.82, 2.24) is 4.98 Å². The Morgan fingerprint density at radius 3 is 3.15 bits per heavy atom. The van der Waals surface area contributed by atoms with Gasteiger partial charge in [-0.3, -0.25) is 0 Å². The number of rotatable bonds is 2. The number of esters is 1. The highest BCUT2D eigenvalue weighted by Gasteiger charge is 2.07. The maximum Gasteiger partial charge on any atom is 0.356 e. The van der Waals surface area contributed by atoms with Crippen LogP contribution in [-0.4, -0.2) is 17.6 Å². The van der Waals surface area contributed by atoms with Gasteiger partial charge in [0.25, 0.3) is 0 Å². The summed E-state index contributed by atoms with van der Waals surface area (Å²) in [6.45, 7) is 2.02. The van der Waals surface area contributed by atoms with Crippen LogP contribution in [0.4, 0.5) is 0 Å². The molecule has 1 aromatic rings. The minimum atomic E-state index is -0.500. The van der Waals surface area contributed by atoms with Crippen molar-refractivity contribution in [3.63, 3.8) is 0 Å². The van der Waals surface area contributed by atoms with E-state index in [1.165, 1.54) is 18.3 Å². The Labute approximate surface area is 75.8 Å². The Kier molecular flexibility index (Phi) is 2.98. The normalized spacial score (nSPS) is 8.92. The molecular formula is C9H8N2O2. The van der Waals surface area contributed by atoms with Gasteiger partial charge in [-0.25, -0.2) is 9.78 Å². The van der Waals surface area contributed by atoms with Crippen molar-refractivity contribution in [2.24, 2.45) is 0 Å². The van der Waals surface area contributed by atoms with Crippen molar-refractivity contribution < 1.29 is 9.53 Å². The summed E-state index contributed by atoms with van der Waals surface area (Å²) in [7, 11) is 0. The summed E-state index contributed by atoms with van der Waals surface area (Å²) in [6, 6.07) is 4.85. The lowest BCUT2D eigenvalue weighted by Gasteiger charge is -1.99. The number of hydrogen-bond acceptors (Lipinski definition) is 4. The summed E-state index contributed by atoms with van der Waals surface area (Å²) in [4.78, 5) is 14.9. The van der Waals surface area contributed by atoms with Gasteiger partial charge in [0.1, 0.15) is 5.69 Å². The Hall–Kier alpha value is -1.89. The molecule has 0 aliphatic rings. The Morgan fingerprint density at radius 1 is 1.77 bits per heavy atom. The highest BCUT2D eigenvalue weighted by atomic mass is 16.5.